The molecule has 0 saturated heterocycles. The first-order chi connectivity index (χ1) is 10.1. The molecule has 0 radical (unpaired) electrons. The van der Waals surface area contributed by atoms with Crippen molar-refractivity contribution in [3.8, 4) is 5.75 Å². The van der Waals surface area contributed by atoms with Crippen molar-refractivity contribution in [1.29, 1.82) is 0 Å². The lowest BCUT2D eigenvalue weighted by Crippen LogP contribution is -2.28. The number of primary amides is 1. The van der Waals surface area contributed by atoms with Crippen LogP contribution in [0.4, 0.5) is 0 Å². The second-order valence-corrected chi connectivity index (χ2v) is 4.44. The van der Waals surface area contributed by atoms with Gasteiger partial charge in [-0.3, -0.25) is 9.59 Å². The van der Waals surface area contributed by atoms with Crippen molar-refractivity contribution in [2.45, 2.75) is 6.54 Å². The Bertz CT molecular complexity index is 609. The first-order valence-electron chi connectivity index (χ1n) is 6.48. The summed E-state index contributed by atoms with van der Waals surface area (Å²) in [5.74, 6) is -0.199. The Labute approximate surface area is 122 Å². The van der Waals surface area contributed by atoms with Crippen LogP contribution in [0, 0.1) is 0 Å². The van der Waals surface area contributed by atoms with Gasteiger partial charge in [0.15, 0.2) is 6.61 Å². The molecule has 3 N–H and O–H groups in total. The van der Waals surface area contributed by atoms with Crippen molar-refractivity contribution in [1.82, 2.24) is 5.32 Å². The van der Waals surface area contributed by atoms with E-state index in [0.717, 1.165) is 5.56 Å². The van der Waals surface area contributed by atoms with Crippen LogP contribution in [-0.2, 0) is 11.3 Å². The van der Waals surface area contributed by atoms with Crippen molar-refractivity contribution in [3.05, 3.63) is 65.7 Å². The molecule has 108 valence electrons. The lowest BCUT2D eigenvalue weighted by molar-refractivity contribution is -0.123. The van der Waals surface area contributed by atoms with E-state index in [9.17, 15) is 9.59 Å². The Hall–Kier alpha value is -2.82. The van der Waals surface area contributed by atoms with Gasteiger partial charge < -0.3 is 15.8 Å². The normalized spacial score (nSPS) is 9.90. The van der Waals surface area contributed by atoms with Gasteiger partial charge in [0.1, 0.15) is 5.75 Å². The third-order valence-corrected chi connectivity index (χ3v) is 2.84. The molecule has 0 aliphatic carbocycles. The number of ether oxygens (including phenoxy) is 1. The van der Waals surface area contributed by atoms with Crippen LogP contribution in [0.3, 0.4) is 0 Å². The van der Waals surface area contributed by atoms with E-state index < -0.39 is 5.91 Å². The second kappa shape index (κ2) is 7.09. The average Bonchev–Trinajstić information content (AvgIpc) is 2.52. The molecule has 0 fully saturated rings. The summed E-state index contributed by atoms with van der Waals surface area (Å²) in [6.07, 6.45) is 0. The third-order valence-electron chi connectivity index (χ3n) is 2.84. The van der Waals surface area contributed by atoms with Crippen LogP contribution in [0.25, 0.3) is 0 Å². The van der Waals surface area contributed by atoms with Gasteiger partial charge in [-0.05, 0) is 29.8 Å². The fraction of sp³-hybridized carbons (Fsp3) is 0.125. The summed E-state index contributed by atoms with van der Waals surface area (Å²) in [5.41, 5.74) is 6.56. The summed E-state index contributed by atoms with van der Waals surface area (Å²) in [4.78, 5) is 22.6. The van der Waals surface area contributed by atoms with E-state index in [4.69, 9.17) is 10.5 Å². The zero-order valence-electron chi connectivity index (χ0n) is 11.4. The zero-order valence-corrected chi connectivity index (χ0v) is 11.4. The Morgan fingerprint density at radius 3 is 2.29 bits per heavy atom. The van der Waals surface area contributed by atoms with Gasteiger partial charge in [0.05, 0.1) is 0 Å². The van der Waals surface area contributed by atoms with Crippen molar-refractivity contribution >= 4 is 11.8 Å². The van der Waals surface area contributed by atoms with Crippen molar-refractivity contribution < 1.29 is 14.3 Å². The molecule has 21 heavy (non-hydrogen) atoms. The number of carbonyl (C=O) groups excluding carboxylic acids is 2. The Kier molecular flexibility index (Phi) is 4.93. The number of nitrogens with one attached hydrogen (secondary N) is 1. The number of hydrogen-bond donors (Lipinski definition) is 2. The Morgan fingerprint density at radius 2 is 1.67 bits per heavy atom. The molecule has 5 nitrogen and oxygen atoms in total. The smallest absolute Gasteiger partial charge is 0.258 e. The molecule has 2 aromatic carbocycles. The molecule has 0 unspecified atom stereocenters. The summed E-state index contributed by atoms with van der Waals surface area (Å²) in [7, 11) is 0. The Morgan fingerprint density at radius 1 is 1.00 bits per heavy atom. The van der Waals surface area contributed by atoms with E-state index in [2.05, 4.69) is 5.32 Å². The molecule has 0 aromatic heterocycles. The van der Waals surface area contributed by atoms with Crippen LogP contribution in [0.15, 0.2) is 54.6 Å². The SMILES string of the molecule is NC(=O)c1ccc(OCC(=O)NCc2ccccc2)cc1. The molecular formula is C16H16N2O3. The third kappa shape index (κ3) is 4.65. The standard InChI is InChI=1S/C16H16N2O3/c17-16(20)13-6-8-14(9-7-13)21-11-15(19)18-10-12-4-2-1-3-5-12/h1-9H,10-11H2,(H2,17,20)(H,18,19). The highest BCUT2D eigenvalue weighted by Gasteiger charge is 2.04. The van der Waals surface area contributed by atoms with Crippen molar-refractivity contribution in [2.75, 3.05) is 6.61 Å². The van der Waals surface area contributed by atoms with Gasteiger partial charge in [0, 0.05) is 12.1 Å². The fourth-order valence-electron chi connectivity index (χ4n) is 1.71. The van der Waals surface area contributed by atoms with Crippen molar-refractivity contribution in [3.63, 3.8) is 0 Å². The van der Waals surface area contributed by atoms with Crippen LogP contribution in [-0.4, -0.2) is 18.4 Å². The number of amides is 2. The molecule has 2 aromatic rings. The van der Waals surface area contributed by atoms with Gasteiger partial charge in [-0.1, -0.05) is 30.3 Å². The molecule has 0 saturated carbocycles. The van der Waals surface area contributed by atoms with Crippen molar-refractivity contribution in [2.24, 2.45) is 5.73 Å². The number of rotatable bonds is 6. The van der Waals surface area contributed by atoms with Gasteiger partial charge in [-0.2, -0.15) is 0 Å². The quantitative estimate of drug-likeness (QED) is 0.843. The maximum Gasteiger partial charge on any atom is 0.258 e. The second-order valence-electron chi connectivity index (χ2n) is 4.44. The lowest BCUT2D eigenvalue weighted by Gasteiger charge is -2.08. The minimum atomic E-state index is -0.498. The summed E-state index contributed by atoms with van der Waals surface area (Å²) in [5, 5.41) is 2.76. The molecule has 2 amide bonds. The predicted molar refractivity (Wildman–Crippen MR) is 78.7 cm³/mol. The van der Waals surface area contributed by atoms with E-state index in [-0.39, 0.29) is 12.5 Å². The topological polar surface area (TPSA) is 81.4 Å². The highest BCUT2D eigenvalue weighted by molar-refractivity contribution is 5.92. The molecular weight excluding hydrogens is 268 g/mol. The lowest BCUT2D eigenvalue weighted by atomic mass is 10.2. The average molecular weight is 284 g/mol. The summed E-state index contributed by atoms with van der Waals surface area (Å²) in [6.45, 7) is 0.381. The van der Waals surface area contributed by atoms with E-state index in [0.29, 0.717) is 17.9 Å². The van der Waals surface area contributed by atoms with E-state index in [1.54, 1.807) is 24.3 Å². The molecule has 2 rings (SSSR count). The molecule has 0 aliphatic rings. The van der Waals surface area contributed by atoms with Gasteiger partial charge in [-0.15, -0.1) is 0 Å². The molecule has 5 heteroatoms. The van der Waals surface area contributed by atoms with Crippen LogP contribution < -0.4 is 15.8 Å². The van der Waals surface area contributed by atoms with Gasteiger partial charge in [0.2, 0.25) is 5.91 Å². The van der Waals surface area contributed by atoms with Crippen LogP contribution in [0.2, 0.25) is 0 Å². The largest absolute Gasteiger partial charge is 0.484 e. The zero-order chi connectivity index (χ0) is 15.1. The molecule has 0 spiro atoms. The first-order valence-corrected chi connectivity index (χ1v) is 6.48. The minimum Gasteiger partial charge on any atom is -0.484 e. The van der Waals surface area contributed by atoms with E-state index in [1.807, 2.05) is 30.3 Å². The predicted octanol–water partition coefficient (Wildman–Crippen LogP) is 1.48. The minimum absolute atomic E-state index is 0.0806. The Balaban J connectivity index is 1.77. The highest BCUT2D eigenvalue weighted by Crippen LogP contribution is 2.11. The van der Waals surface area contributed by atoms with Crippen LogP contribution >= 0.6 is 0 Å². The number of nitrogens with two attached hydrogens (primary N) is 1. The number of hydrogen-bond acceptors (Lipinski definition) is 3. The summed E-state index contributed by atoms with van der Waals surface area (Å²) < 4.78 is 5.33. The van der Waals surface area contributed by atoms with Crippen LogP contribution in [0.1, 0.15) is 15.9 Å². The number of benzene rings is 2. The molecule has 0 atom stereocenters. The van der Waals surface area contributed by atoms with E-state index in [1.165, 1.54) is 0 Å². The molecule has 0 aliphatic heterocycles. The highest BCUT2D eigenvalue weighted by atomic mass is 16.5. The summed E-state index contributed by atoms with van der Waals surface area (Å²) >= 11 is 0. The first kappa shape index (κ1) is 14.6. The summed E-state index contributed by atoms with van der Waals surface area (Å²) in [6, 6.07) is 15.9. The maximum atomic E-state index is 11.7. The van der Waals surface area contributed by atoms with Crippen LogP contribution in [0.5, 0.6) is 5.75 Å². The molecule has 0 bridgehead atoms. The van der Waals surface area contributed by atoms with Gasteiger partial charge in [0.25, 0.3) is 5.91 Å². The monoisotopic (exact) mass is 284 g/mol. The maximum absolute atomic E-state index is 11.7. The van der Waals surface area contributed by atoms with Gasteiger partial charge in [-0.25, -0.2) is 0 Å². The molecule has 0 heterocycles. The van der Waals surface area contributed by atoms with E-state index >= 15 is 0 Å². The van der Waals surface area contributed by atoms with Gasteiger partial charge >= 0.3 is 0 Å². The fourth-order valence-corrected chi connectivity index (χ4v) is 1.71. The number of carbonyl (C=O) groups is 2.